The maximum atomic E-state index is 13.1. The first-order chi connectivity index (χ1) is 14.9. The van der Waals surface area contributed by atoms with Crippen LogP contribution in [0.2, 0.25) is 0 Å². The zero-order valence-corrected chi connectivity index (χ0v) is 20.1. The molecule has 0 bridgehead atoms. The second kappa shape index (κ2) is 9.31. The van der Waals surface area contributed by atoms with Crippen molar-refractivity contribution in [2.45, 2.75) is 53.4 Å². The number of hydrogen-bond donors (Lipinski definition) is 0. The van der Waals surface area contributed by atoms with E-state index in [1.54, 1.807) is 6.07 Å². The average molecular weight is 438 g/mol. The lowest BCUT2D eigenvalue weighted by atomic mass is 9.85. The first kappa shape index (κ1) is 23.8. The van der Waals surface area contributed by atoms with Gasteiger partial charge in [0.05, 0.1) is 18.2 Å². The van der Waals surface area contributed by atoms with Gasteiger partial charge in [-0.3, -0.25) is 14.6 Å². The monoisotopic (exact) mass is 437 g/mol. The molecule has 0 aliphatic carbocycles. The van der Waals surface area contributed by atoms with Crippen molar-refractivity contribution in [2.75, 3.05) is 31.1 Å². The number of benzene rings is 1. The van der Waals surface area contributed by atoms with E-state index in [0.717, 1.165) is 13.1 Å². The van der Waals surface area contributed by atoms with Crippen LogP contribution in [0.3, 0.4) is 0 Å². The Kier molecular flexibility index (Phi) is 6.91. The fourth-order valence-corrected chi connectivity index (χ4v) is 3.91. The molecule has 0 atom stereocenters. The summed E-state index contributed by atoms with van der Waals surface area (Å²) in [6.07, 6.45) is 3.30. The topological polar surface area (TPSA) is 62.7 Å². The third kappa shape index (κ3) is 6.09. The Morgan fingerprint density at radius 3 is 2.25 bits per heavy atom. The van der Waals surface area contributed by atoms with E-state index in [-0.39, 0.29) is 22.7 Å². The van der Waals surface area contributed by atoms with Crippen molar-refractivity contribution in [3.8, 4) is 5.75 Å². The van der Waals surface area contributed by atoms with E-state index < -0.39 is 0 Å². The molecule has 6 nitrogen and oxygen atoms in total. The first-order valence-electron chi connectivity index (χ1n) is 11.2. The zero-order valence-electron chi connectivity index (χ0n) is 20.1. The molecule has 1 amide bonds. The lowest BCUT2D eigenvalue weighted by Gasteiger charge is -2.38. The van der Waals surface area contributed by atoms with Crippen LogP contribution in [0.4, 0.5) is 5.69 Å². The van der Waals surface area contributed by atoms with Gasteiger partial charge in [-0.2, -0.15) is 0 Å². The van der Waals surface area contributed by atoms with Crippen molar-refractivity contribution in [2.24, 2.45) is 5.41 Å². The number of aromatic nitrogens is 1. The second-order valence-electron chi connectivity index (χ2n) is 10.7. The molecule has 2 heterocycles. The standard InChI is InChI=1S/C26H35N3O3/c1-25(2,3)16-23(30)32-20-15-19(17-27-18-20)24(31)29-13-11-28(12-14-29)22-10-8-7-9-21(22)26(4,5)6/h7-10,15,17-18H,11-14,16H2,1-6H3. The van der Waals surface area contributed by atoms with Gasteiger partial charge in [-0.05, 0) is 28.5 Å². The number of rotatable bonds is 4. The minimum absolute atomic E-state index is 0.0556. The number of pyridine rings is 1. The number of anilines is 1. The molecule has 0 N–H and O–H groups in total. The predicted octanol–water partition coefficient (Wildman–Crippen LogP) is 4.68. The van der Waals surface area contributed by atoms with Gasteiger partial charge in [0.1, 0.15) is 5.75 Å². The third-order valence-electron chi connectivity index (χ3n) is 5.49. The summed E-state index contributed by atoms with van der Waals surface area (Å²) in [6.45, 7) is 15.4. The van der Waals surface area contributed by atoms with Crippen LogP contribution in [-0.4, -0.2) is 47.9 Å². The predicted molar refractivity (Wildman–Crippen MR) is 127 cm³/mol. The first-order valence-corrected chi connectivity index (χ1v) is 11.2. The van der Waals surface area contributed by atoms with Crippen molar-refractivity contribution < 1.29 is 14.3 Å². The van der Waals surface area contributed by atoms with Crippen LogP contribution >= 0.6 is 0 Å². The number of ether oxygens (including phenoxy) is 1. The molecule has 1 aliphatic rings. The molecule has 1 aliphatic heterocycles. The minimum Gasteiger partial charge on any atom is -0.425 e. The number of carbonyl (C=O) groups is 2. The van der Waals surface area contributed by atoms with Crippen LogP contribution in [0.15, 0.2) is 42.7 Å². The SMILES string of the molecule is CC(C)(C)CC(=O)Oc1cncc(C(=O)N2CCN(c3ccccc3C(C)(C)C)CC2)c1. The number of nitrogens with zero attached hydrogens (tertiary/aromatic N) is 3. The quantitative estimate of drug-likeness (QED) is 0.650. The van der Waals surface area contributed by atoms with E-state index in [2.05, 4.69) is 54.9 Å². The van der Waals surface area contributed by atoms with Gasteiger partial charge in [-0.1, -0.05) is 59.7 Å². The van der Waals surface area contributed by atoms with Crippen LogP contribution in [0, 0.1) is 5.41 Å². The van der Waals surface area contributed by atoms with Gasteiger partial charge in [0.15, 0.2) is 0 Å². The molecular weight excluding hydrogens is 402 g/mol. The molecule has 6 heteroatoms. The van der Waals surface area contributed by atoms with Crippen LogP contribution in [0.1, 0.15) is 63.9 Å². The Hall–Kier alpha value is -2.89. The molecule has 0 saturated carbocycles. The highest BCUT2D eigenvalue weighted by atomic mass is 16.5. The van der Waals surface area contributed by atoms with Crippen LogP contribution in [-0.2, 0) is 10.2 Å². The van der Waals surface area contributed by atoms with Gasteiger partial charge < -0.3 is 14.5 Å². The van der Waals surface area contributed by atoms with E-state index in [0.29, 0.717) is 30.8 Å². The lowest BCUT2D eigenvalue weighted by molar-refractivity contribution is -0.136. The fraction of sp³-hybridized carbons (Fsp3) is 0.500. The summed E-state index contributed by atoms with van der Waals surface area (Å²) in [5.74, 6) is -0.104. The van der Waals surface area contributed by atoms with Crippen LogP contribution < -0.4 is 9.64 Å². The maximum absolute atomic E-state index is 13.1. The smallest absolute Gasteiger partial charge is 0.311 e. The Labute approximate surface area is 191 Å². The normalized spacial score (nSPS) is 14.9. The van der Waals surface area contributed by atoms with Gasteiger partial charge in [-0.15, -0.1) is 0 Å². The third-order valence-corrected chi connectivity index (χ3v) is 5.49. The summed E-state index contributed by atoms with van der Waals surface area (Å²) in [5, 5.41) is 0. The Morgan fingerprint density at radius 1 is 0.969 bits per heavy atom. The Balaban J connectivity index is 1.65. The summed E-state index contributed by atoms with van der Waals surface area (Å²) in [7, 11) is 0. The molecular formula is C26H35N3O3. The number of esters is 1. The van der Waals surface area contributed by atoms with Gasteiger partial charge in [0.25, 0.3) is 5.91 Å². The van der Waals surface area contributed by atoms with Crippen molar-refractivity contribution in [1.82, 2.24) is 9.88 Å². The number of piperazine rings is 1. The van der Waals surface area contributed by atoms with Crippen molar-refractivity contribution in [3.05, 3.63) is 53.9 Å². The molecule has 0 radical (unpaired) electrons. The largest absolute Gasteiger partial charge is 0.425 e. The van der Waals surface area contributed by atoms with Gasteiger partial charge >= 0.3 is 5.97 Å². The van der Waals surface area contributed by atoms with E-state index in [1.165, 1.54) is 23.6 Å². The molecule has 1 fully saturated rings. The van der Waals surface area contributed by atoms with Crippen LogP contribution in [0.5, 0.6) is 5.75 Å². The number of amides is 1. The van der Waals surface area contributed by atoms with E-state index in [1.807, 2.05) is 25.7 Å². The molecule has 172 valence electrons. The second-order valence-corrected chi connectivity index (χ2v) is 10.7. The van der Waals surface area contributed by atoms with E-state index in [4.69, 9.17) is 4.74 Å². The summed E-state index contributed by atoms with van der Waals surface area (Å²) < 4.78 is 5.41. The van der Waals surface area contributed by atoms with Gasteiger partial charge in [-0.25, -0.2) is 0 Å². The molecule has 3 rings (SSSR count). The number of carbonyl (C=O) groups excluding carboxylic acids is 2. The molecule has 2 aromatic rings. The summed E-state index contributed by atoms with van der Waals surface area (Å²) in [4.78, 5) is 33.5. The molecule has 0 unspecified atom stereocenters. The molecule has 32 heavy (non-hydrogen) atoms. The van der Waals surface area contributed by atoms with Crippen molar-refractivity contribution >= 4 is 17.6 Å². The highest BCUT2D eigenvalue weighted by molar-refractivity contribution is 5.94. The summed E-state index contributed by atoms with van der Waals surface area (Å²) in [6, 6.07) is 10.1. The molecule has 1 aromatic heterocycles. The summed E-state index contributed by atoms with van der Waals surface area (Å²) in [5.41, 5.74) is 2.88. The molecule has 0 spiro atoms. The lowest BCUT2D eigenvalue weighted by Crippen LogP contribution is -2.49. The minimum atomic E-state index is -0.324. The van der Waals surface area contributed by atoms with Crippen molar-refractivity contribution in [1.29, 1.82) is 0 Å². The Bertz CT molecular complexity index is 965. The van der Waals surface area contributed by atoms with Crippen LogP contribution in [0.25, 0.3) is 0 Å². The Morgan fingerprint density at radius 2 is 1.62 bits per heavy atom. The highest BCUT2D eigenvalue weighted by Crippen LogP contribution is 2.32. The maximum Gasteiger partial charge on any atom is 0.311 e. The average Bonchev–Trinajstić information content (AvgIpc) is 2.71. The van der Waals surface area contributed by atoms with E-state index in [9.17, 15) is 9.59 Å². The highest BCUT2D eigenvalue weighted by Gasteiger charge is 2.26. The zero-order chi connectivity index (χ0) is 23.5. The fourth-order valence-electron chi connectivity index (χ4n) is 3.91. The summed E-state index contributed by atoms with van der Waals surface area (Å²) >= 11 is 0. The van der Waals surface area contributed by atoms with Gasteiger partial charge in [0, 0.05) is 38.1 Å². The number of para-hydroxylation sites is 1. The molecule has 1 aromatic carbocycles. The van der Waals surface area contributed by atoms with Crippen molar-refractivity contribution in [3.63, 3.8) is 0 Å². The van der Waals surface area contributed by atoms with Gasteiger partial charge in [0.2, 0.25) is 0 Å². The number of hydrogen-bond acceptors (Lipinski definition) is 5. The molecule has 1 saturated heterocycles. The van der Waals surface area contributed by atoms with E-state index >= 15 is 0 Å².